The van der Waals surface area contributed by atoms with Crippen LogP contribution in [-0.4, -0.2) is 38.5 Å². The molecular weight excluding hydrogens is 142 g/mol. The molecule has 0 saturated carbocycles. The first-order chi connectivity index (χ1) is 5.38. The summed E-state index contributed by atoms with van der Waals surface area (Å²) in [7, 11) is 0. The highest BCUT2D eigenvalue weighted by molar-refractivity contribution is 4.81. The highest BCUT2D eigenvalue weighted by Gasteiger charge is 2.27. The molecule has 1 heterocycles. The summed E-state index contributed by atoms with van der Waals surface area (Å²) in [5.41, 5.74) is 0. The van der Waals surface area contributed by atoms with Crippen molar-refractivity contribution in [3.63, 3.8) is 0 Å². The highest BCUT2D eigenvalue weighted by Crippen LogP contribution is 2.08. The zero-order valence-corrected chi connectivity index (χ0v) is 7.30. The lowest BCUT2D eigenvalue weighted by Gasteiger charge is -2.17. The number of nitrogens with one attached hydrogen (secondary N) is 1. The maximum atomic E-state index is 5.48. The summed E-state index contributed by atoms with van der Waals surface area (Å²) < 4.78 is 10.8. The quantitative estimate of drug-likeness (QED) is 0.644. The van der Waals surface area contributed by atoms with Gasteiger partial charge >= 0.3 is 0 Å². The molecule has 3 heteroatoms. The molecule has 66 valence electrons. The van der Waals surface area contributed by atoms with E-state index in [-0.39, 0.29) is 6.10 Å². The van der Waals surface area contributed by atoms with Gasteiger partial charge in [0, 0.05) is 6.61 Å². The van der Waals surface area contributed by atoms with E-state index in [4.69, 9.17) is 9.47 Å². The Morgan fingerprint density at radius 2 is 2.27 bits per heavy atom. The van der Waals surface area contributed by atoms with Gasteiger partial charge in [-0.1, -0.05) is 6.92 Å². The van der Waals surface area contributed by atoms with Gasteiger partial charge in [-0.15, -0.1) is 0 Å². The smallest absolute Gasteiger partial charge is 0.0983 e. The van der Waals surface area contributed by atoms with Crippen molar-refractivity contribution in [3.05, 3.63) is 0 Å². The molecule has 0 bridgehead atoms. The van der Waals surface area contributed by atoms with Crippen LogP contribution in [0.4, 0.5) is 0 Å². The van der Waals surface area contributed by atoms with E-state index in [2.05, 4.69) is 12.2 Å². The molecule has 0 aliphatic carbocycles. The van der Waals surface area contributed by atoms with E-state index in [1.807, 2.05) is 6.92 Å². The summed E-state index contributed by atoms with van der Waals surface area (Å²) in [5.74, 6) is 0. The summed E-state index contributed by atoms with van der Waals surface area (Å²) >= 11 is 0. The summed E-state index contributed by atoms with van der Waals surface area (Å²) in [5, 5.41) is 3.33. The van der Waals surface area contributed by atoms with Crippen LogP contribution in [0.5, 0.6) is 0 Å². The van der Waals surface area contributed by atoms with Crippen LogP contribution in [0, 0.1) is 0 Å². The van der Waals surface area contributed by atoms with E-state index in [9.17, 15) is 0 Å². The maximum Gasteiger partial charge on any atom is 0.0983 e. The lowest BCUT2D eigenvalue weighted by Crippen LogP contribution is -2.40. The minimum Gasteiger partial charge on any atom is -0.377 e. The van der Waals surface area contributed by atoms with Crippen molar-refractivity contribution >= 4 is 0 Å². The third kappa shape index (κ3) is 2.43. The second-order valence-corrected chi connectivity index (χ2v) is 2.70. The van der Waals surface area contributed by atoms with Crippen molar-refractivity contribution in [1.29, 1.82) is 0 Å². The van der Waals surface area contributed by atoms with Crippen LogP contribution in [0.2, 0.25) is 0 Å². The molecule has 0 aromatic heterocycles. The summed E-state index contributed by atoms with van der Waals surface area (Å²) in [6, 6.07) is 0.403. The number of hydrogen-bond donors (Lipinski definition) is 1. The van der Waals surface area contributed by atoms with E-state index in [1.54, 1.807) is 0 Å². The fourth-order valence-electron chi connectivity index (χ4n) is 1.37. The first-order valence-corrected chi connectivity index (χ1v) is 4.31. The average molecular weight is 159 g/mol. The predicted molar refractivity (Wildman–Crippen MR) is 43.7 cm³/mol. The summed E-state index contributed by atoms with van der Waals surface area (Å²) in [4.78, 5) is 0. The van der Waals surface area contributed by atoms with Crippen LogP contribution in [0.15, 0.2) is 0 Å². The van der Waals surface area contributed by atoms with Gasteiger partial charge in [0.25, 0.3) is 0 Å². The van der Waals surface area contributed by atoms with Crippen molar-refractivity contribution in [2.24, 2.45) is 0 Å². The molecule has 0 aromatic rings. The molecule has 11 heavy (non-hydrogen) atoms. The minimum atomic E-state index is 0.264. The fraction of sp³-hybridized carbons (Fsp3) is 1.00. The van der Waals surface area contributed by atoms with Crippen molar-refractivity contribution in [2.75, 3.05) is 26.4 Å². The SMILES string of the molecule is CCN[C@@H]1COC[C@H]1OCC. The molecule has 3 nitrogen and oxygen atoms in total. The third-order valence-electron chi connectivity index (χ3n) is 1.88. The van der Waals surface area contributed by atoms with Crippen LogP contribution in [0.3, 0.4) is 0 Å². The average Bonchev–Trinajstić information content (AvgIpc) is 2.39. The molecule has 1 N–H and O–H groups in total. The Bertz CT molecular complexity index is 96.3. The second-order valence-electron chi connectivity index (χ2n) is 2.70. The number of rotatable bonds is 4. The van der Waals surface area contributed by atoms with Crippen LogP contribution in [0.1, 0.15) is 13.8 Å². The Morgan fingerprint density at radius 3 is 2.91 bits per heavy atom. The lowest BCUT2D eigenvalue weighted by molar-refractivity contribution is 0.0416. The number of likely N-dealkylation sites (N-methyl/N-ethyl adjacent to an activating group) is 1. The molecule has 1 fully saturated rings. The Morgan fingerprint density at radius 1 is 1.45 bits per heavy atom. The number of ether oxygens (including phenoxy) is 2. The molecule has 0 unspecified atom stereocenters. The molecule has 0 spiro atoms. The predicted octanol–water partition coefficient (Wildman–Crippen LogP) is 0.400. The van der Waals surface area contributed by atoms with Gasteiger partial charge in [0.2, 0.25) is 0 Å². The Kier molecular flexibility index (Phi) is 3.83. The van der Waals surface area contributed by atoms with Gasteiger partial charge in [0.15, 0.2) is 0 Å². The highest BCUT2D eigenvalue weighted by atomic mass is 16.5. The van der Waals surface area contributed by atoms with Gasteiger partial charge in [0.1, 0.15) is 0 Å². The van der Waals surface area contributed by atoms with Crippen molar-refractivity contribution in [1.82, 2.24) is 5.32 Å². The van der Waals surface area contributed by atoms with E-state index < -0.39 is 0 Å². The van der Waals surface area contributed by atoms with E-state index >= 15 is 0 Å². The molecule has 2 atom stereocenters. The minimum absolute atomic E-state index is 0.264. The van der Waals surface area contributed by atoms with Gasteiger partial charge in [-0.05, 0) is 13.5 Å². The van der Waals surface area contributed by atoms with Crippen LogP contribution in [-0.2, 0) is 9.47 Å². The largest absolute Gasteiger partial charge is 0.377 e. The van der Waals surface area contributed by atoms with Gasteiger partial charge < -0.3 is 14.8 Å². The molecule has 1 aliphatic heterocycles. The fourth-order valence-corrected chi connectivity index (χ4v) is 1.37. The Hall–Kier alpha value is -0.120. The Balaban J connectivity index is 2.25. The zero-order valence-electron chi connectivity index (χ0n) is 7.30. The topological polar surface area (TPSA) is 30.5 Å². The normalized spacial score (nSPS) is 31.1. The maximum absolute atomic E-state index is 5.48. The summed E-state index contributed by atoms with van der Waals surface area (Å²) in [6.45, 7) is 7.40. The van der Waals surface area contributed by atoms with E-state index in [0.717, 1.165) is 26.4 Å². The first-order valence-electron chi connectivity index (χ1n) is 4.31. The molecule has 1 aliphatic rings. The van der Waals surface area contributed by atoms with Crippen molar-refractivity contribution in [2.45, 2.75) is 26.0 Å². The monoisotopic (exact) mass is 159 g/mol. The Labute approximate surface area is 68.1 Å². The van der Waals surface area contributed by atoms with Gasteiger partial charge in [-0.2, -0.15) is 0 Å². The molecule has 0 aromatic carbocycles. The van der Waals surface area contributed by atoms with Gasteiger partial charge in [0.05, 0.1) is 25.4 Å². The van der Waals surface area contributed by atoms with Gasteiger partial charge in [-0.25, -0.2) is 0 Å². The standard InChI is InChI=1S/C8H17NO2/c1-3-9-7-5-10-6-8(7)11-4-2/h7-9H,3-6H2,1-2H3/t7-,8-/m1/s1. The van der Waals surface area contributed by atoms with Crippen LogP contribution >= 0.6 is 0 Å². The van der Waals surface area contributed by atoms with Crippen LogP contribution in [0.25, 0.3) is 0 Å². The first kappa shape index (κ1) is 8.97. The molecule has 0 radical (unpaired) electrons. The third-order valence-corrected chi connectivity index (χ3v) is 1.88. The van der Waals surface area contributed by atoms with Gasteiger partial charge in [-0.3, -0.25) is 0 Å². The molecule has 1 rings (SSSR count). The van der Waals surface area contributed by atoms with Crippen molar-refractivity contribution in [3.8, 4) is 0 Å². The number of hydrogen-bond acceptors (Lipinski definition) is 3. The molecule has 1 saturated heterocycles. The van der Waals surface area contributed by atoms with E-state index in [0.29, 0.717) is 6.04 Å². The molecular formula is C8H17NO2. The zero-order chi connectivity index (χ0) is 8.10. The second kappa shape index (κ2) is 4.70. The van der Waals surface area contributed by atoms with Crippen LogP contribution < -0.4 is 5.32 Å². The summed E-state index contributed by atoms with van der Waals surface area (Å²) in [6.07, 6.45) is 0.264. The lowest BCUT2D eigenvalue weighted by atomic mass is 10.2. The molecule has 0 amide bonds. The van der Waals surface area contributed by atoms with E-state index in [1.165, 1.54) is 0 Å². The van der Waals surface area contributed by atoms with Crippen molar-refractivity contribution < 1.29 is 9.47 Å².